The maximum Gasteiger partial charge on any atom is 0.0436 e. The topological polar surface area (TPSA) is 45.5 Å². The van der Waals surface area contributed by atoms with E-state index in [1.165, 1.54) is 50.5 Å². The zero-order valence-electron chi connectivity index (χ0n) is 13.7. The first-order valence-corrected chi connectivity index (χ1v) is 8.63. The van der Waals surface area contributed by atoms with E-state index in [4.69, 9.17) is 5.21 Å². The van der Waals surface area contributed by atoms with Crippen molar-refractivity contribution in [3.63, 3.8) is 0 Å². The number of nitrogens with zero attached hydrogens (tertiary/aromatic N) is 2. The Labute approximate surface area is 135 Å². The van der Waals surface area contributed by atoms with E-state index in [2.05, 4.69) is 28.4 Å². The summed E-state index contributed by atoms with van der Waals surface area (Å²) in [6.07, 6.45) is 23.2. The Morgan fingerprint density at radius 1 is 0.909 bits per heavy atom. The van der Waals surface area contributed by atoms with Gasteiger partial charge in [-0.1, -0.05) is 43.9 Å². The van der Waals surface area contributed by atoms with Gasteiger partial charge in [0.15, 0.2) is 0 Å². The van der Waals surface area contributed by atoms with Crippen LogP contribution in [0.5, 0.6) is 0 Å². The third-order valence-electron chi connectivity index (χ3n) is 3.76. The van der Waals surface area contributed by atoms with Gasteiger partial charge >= 0.3 is 0 Å². The molecule has 3 heteroatoms. The lowest BCUT2D eigenvalue weighted by Crippen LogP contribution is -1.87. The van der Waals surface area contributed by atoms with E-state index in [9.17, 15) is 0 Å². The number of pyridine rings is 1. The molecule has 0 aliphatic carbocycles. The van der Waals surface area contributed by atoms with Gasteiger partial charge in [-0.05, 0) is 56.6 Å². The van der Waals surface area contributed by atoms with Crippen molar-refractivity contribution in [1.82, 2.24) is 4.98 Å². The molecule has 1 rings (SSSR count). The number of aromatic nitrogens is 1. The predicted octanol–water partition coefficient (Wildman–Crippen LogP) is 5.54. The Kier molecular flexibility index (Phi) is 12.0. The van der Waals surface area contributed by atoms with Crippen LogP contribution in [0.25, 0.3) is 0 Å². The third kappa shape index (κ3) is 11.1. The molecule has 3 nitrogen and oxygen atoms in total. The van der Waals surface area contributed by atoms with Gasteiger partial charge in [0.25, 0.3) is 0 Å². The molecule has 1 N–H and O–H groups in total. The number of oxime groups is 1. The van der Waals surface area contributed by atoms with E-state index in [-0.39, 0.29) is 0 Å². The highest BCUT2D eigenvalue weighted by Gasteiger charge is 1.94. The maximum atomic E-state index is 8.25. The number of aryl methyl sites for hydroxylation is 1. The summed E-state index contributed by atoms with van der Waals surface area (Å²) in [5.41, 5.74) is 1.36. The first-order chi connectivity index (χ1) is 10.9. The van der Waals surface area contributed by atoms with E-state index >= 15 is 0 Å². The van der Waals surface area contributed by atoms with Crippen molar-refractivity contribution in [2.24, 2.45) is 5.16 Å². The fraction of sp³-hybridized carbons (Fsp3) is 0.579. The van der Waals surface area contributed by atoms with Crippen LogP contribution in [0, 0.1) is 0 Å². The molecule has 0 aliphatic heterocycles. The first-order valence-electron chi connectivity index (χ1n) is 8.63. The second-order valence-corrected chi connectivity index (χ2v) is 5.72. The van der Waals surface area contributed by atoms with E-state index in [1.807, 2.05) is 18.5 Å². The van der Waals surface area contributed by atoms with Crippen molar-refractivity contribution >= 4 is 6.21 Å². The molecule has 0 unspecified atom stereocenters. The van der Waals surface area contributed by atoms with Crippen LogP contribution in [0.4, 0.5) is 0 Å². The number of allylic oxidation sites excluding steroid dienone is 2. The van der Waals surface area contributed by atoms with Gasteiger partial charge in [0.2, 0.25) is 0 Å². The number of unbranched alkanes of at least 4 members (excludes halogenated alkanes) is 8. The monoisotopic (exact) mass is 302 g/mol. The van der Waals surface area contributed by atoms with E-state index < -0.39 is 0 Å². The van der Waals surface area contributed by atoms with Crippen molar-refractivity contribution in [3.05, 3.63) is 42.2 Å². The molecule has 0 spiro atoms. The molecule has 0 saturated carbocycles. The summed E-state index contributed by atoms with van der Waals surface area (Å²) < 4.78 is 0. The van der Waals surface area contributed by atoms with Crippen LogP contribution in [-0.4, -0.2) is 16.4 Å². The van der Waals surface area contributed by atoms with Crippen LogP contribution in [-0.2, 0) is 6.42 Å². The molecular formula is C19H30N2O. The lowest BCUT2D eigenvalue weighted by molar-refractivity contribution is 0.320. The van der Waals surface area contributed by atoms with Crippen LogP contribution in [0.1, 0.15) is 69.8 Å². The van der Waals surface area contributed by atoms with Gasteiger partial charge in [-0.25, -0.2) is 0 Å². The largest absolute Gasteiger partial charge is 0.411 e. The van der Waals surface area contributed by atoms with Crippen molar-refractivity contribution < 1.29 is 5.21 Å². The Morgan fingerprint density at radius 2 is 1.64 bits per heavy atom. The molecule has 22 heavy (non-hydrogen) atoms. The summed E-state index contributed by atoms with van der Waals surface area (Å²) in [5.74, 6) is 0. The quantitative estimate of drug-likeness (QED) is 0.171. The molecule has 1 aromatic rings. The number of hydrogen-bond donors (Lipinski definition) is 1. The van der Waals surface area contributed by atoms with E-state index in [1.54, 1.807) is 6.21 Å². The second-order valence-electron chi connectivity index (χ2n) is 5.72. The zero-order valence-corrected chi connectivity index (χ0v) is 13.7. The molecule has 0 aliphatic rings. The van der Waals surface area contributed by atoms with Gasteiger partial charge in [0.05, 0.1) is 0 Å². The van der Waals surface area contributed by atoms with Gasteiger partial charge in [0, 0.05) is 18.6 Å². The Balaban J connectivity index is 1.81. The summed E-state index contributed by atoms with van der Waals surface area (Å²) >= 11 is 0. The Hall–Kier alpha value is -1.64. The van der Waals surface area contributed by atoms with Gasteiger partial charge in [-0.15, -0.1) is 5.16 Å². The van der Waals surface area contributed by atoms with Crippen molar-refractivity contribution in [3.8, 4) is 0 Å². The molecule has 122 valence electrons. The van der Waals surface area contributed by atoms with Crippen LogP contribution in [0.2, 0.25) is 0 Å². The van der Waals surface area contributed by atoms with Gasteiger partial charge < -0.3 is 5.21 Å². The Bertz CT molecular complexity index is 401. The minimum atomic E-state index is 0.861. The minimum Gasteiger partial charge on any atom is -0.411 e. The third-order valence-corrected chi connectivity index (χ3v) is 3.76. The highest BCUT2D eigenvalue weighted by molar-refractivity contribution is 5.55. The molecule has 0 amide bonds. The smallest absolute Gasteiger partial charge is 0.0436 e. The molecule has 1 aromatic heterocycles. The van der Waals surface area contributed by atoms with E-state index in [0.717, 1.165) is 25.7 Å². The fourth-order valence-corrected chi connectivity index (χ4v) is 2.46. The van der Waals surface area contributed by atoms with Crippen LogP contribution in [0.3, 0.4) is 0 Å². The average Bonchev–Trinajstić information content (AvgIpc) is 2.56. The molecule has 0 aromatic carbocycles. The zero-order chi connectivity index (χ0) is 15.7. The second kappa shape index (κ2) is 14.3. The maximum absolute atomic E-state index is 8.25. The molecular weight excluding hydrogens is 272 g/mol. The predicted molar refractivity (Wildman–Crippen MR) is 93.5 cm³/mol. The summed E-state index contributed by atoms with van der Waals surface area (Å²) in [6, 6.07) is 4.18. The summed E-state index contributed by atoms with van der Waals surface area (Å²) in [4.78, 5) is 4.15. The van der Waals surface area contributed by atoms with Crippen molar-refractivity contribution in [1.29, 1.82) is 0 Å². The highest BCUT2D eigenvalue weighted by atomic mass is 16.4. The van der Waals surface area contributed by atoms with Gasteiger partial charge in [-0.3, -0.25) is 4.98 Å². The lowest BCUT2D eigenvalue weighted by atomic mass is 10.1. The number of rotatable bonds is 13. The molecule has 0 radical (unpaired) electrons. The summed E-state index contributed by atoms with van der Waals surface area (Å²) in [6.45, 7) is 0. The van der Waals surface area contributed by atoms with Crippen LogP contribution < -0.4 is 0 Å². The fourth-order valence-electron chi connectivity index (χ4n) is 2.46. The lowest BCUT2D eigenvalue weighted by Gasteiger charge is -2.01. The summed E-state index contributed by atoms with van der Waals surface area (Å²) in [7, 11) is 0. The molecule has 0 bridgehead atoms. The number of hydrogen-bond acceptors (Lipinski definition) is 3. The SMILES string of the molecule is O/N=C/CCC/C=C\CCCCCCCCc1cccnc1. The minimum absolute atomic E-state index is 0.861. The van der Waals surface area contributed by atoms with E-state index in [0.29, 0.717) is 0 Å². The normalized spacial score (nSPS) is 11.6. The van der Waals surface area contributed by atoms with Crippen molar-refractivity contribution in [2.75, 3.05) is 0 Å². The summed E-state index contributed by atoms with van der Waals surface area (Å²) in [5, 5.41) is 11.2. The standard InChI is InChI=1S/C19H30N2O/c22-21-17-12-10-8-6-4-2-1-3-5-7-9-11-14-19-15-13-16-20-18-19/h4,6,13,15-18,22H,1-3,5,7-12,14H2/b6-4-,21-17+. The van der Waals surface area contributed by atoms with Crippen molar-refractivity contribution in [2.45, 2.75) is 70.6 Å². The first kappa shape index (κ1) is 18.4. The van der Waals surface area contributed by atoms with Crippen LogP contribution in [0.15, 0.2) is 41.8 Å². The molecule has 0 atom stereocenters. The highest BCUT2D eigenvalue weighted by Crippen LogP contribution is 2.10. The Morgan fingerprint density at radius 3 is 2.36 bits per heavy atom. The molecule has 0 saturated heterocycles. The van der Waals surface area contributed by atoms with Gasteiger partial charge in [-0.2, -0.15) is 0 Å². The van der Waals surface area contributed by atoms with Gasteiger partial charge in [0.1, 0.15) is 0 Å². The average molecular weight is 302 g/mol. The molecule has 1 heterocycles. The molecule has 0 fully saturated rings. The van der Waals surface area contributed by atoms with Crippen LogP contribution >= 0.6 is 0 Å².